The van der Waals surface area contributed by atoms with Crippen LogP contribution in [0.5, 0.6) is 0 Å². The highest BCUT2D eigenvalue weighted by atomic mass is 35.5. The van der Waals surface area contributed by atoms with Gasteiger partial charge in [-0.1, -0.05) is 11.6 Å². The van der Waals surface area contributed by atoms with Crippen molar-refractivity contribution in [1.29, 1.82) is 0 Å². The molecule has 0 radical (unpaired) electrons. The number of morpholine rings is 1. The number of anilines is 1. The molecule has 4 nitrogen and oxygen atoms in total. The van der Waals surface area contributed by atoms with E-state index in [0.717, 1.165) is 43.0 Å². The zero-order valence-electron chi connectivity index (χ0n) is 9.27. The van der Waals surface area contributed by atoms with Crippen LogP contribution in [0.1, 0.15) is 0 Å². The summed E-state index contributed by atoms with van der Waals surface area (Å²) in [5.74, 6) is 0. The lowest BCUT2D eigenvalue weighted by atomic mass is 10.2. The van der Waals surface area contributed by atoms with Crippen LogP contribution in [0.25, 0.3) is 11.0 Å². The highest BCUT2D eigenvalue weighted by molar-refractivity contribution is 6.29. The summed E-state index contributed by atoms with van der Waals surface area (Å²) in [5, 5.41) is 0.499. The summed E-state index contributed by atoms with van der Waals surface area (Å²) < 4.78 is 5.33. The van der Waals surface area contributed by atoms with Crippen molar-refractivity contribution in [3.8, 4) is 0 Å². The number of fused-ring (bicyclic) bond motifs is 1. The van der Waals surface area contributed by atoms with Crippen molar-refractivity contribution in [1.82, 2.24) is 9.97 Å². The maximum Gasteiger partial charge on any atom is 0.129 e. The number of hydrogen-bond acceptors (Lipinski definition) is 4. The van der Waals surface area contributed by atoms with Crippen molar-refractivity contribution >= 4 is 28.3 Å². The average Bonchev–Trinajstić information content (AvgIpc) is 2.39. The van der Waals surface area contributed by atoms with E-state index in [1.807, 2.05) is 18.3 Å². The fourth-order valence-corrected chi connectivity index (χ4v) is 2.12. The number of nitrogens with zero attached hydrogens (tertiary/aromatic N) is 3. The number of halogens is 1. The lowest BCUT2D eigenvalue weighted by molar-refractivity contribution is 0.122. The normalized spacial score (nSPS) is 16.4. The van der Waals surface area contributed by atoms with Crippen molar-refractivity contribution in [2.75, 3.05) is 31.2 Å². The molecule has 0 aromatic carbocycles. The highest BCUT2D eigenvalue weighted by Crippen LogP contribution is 2.20. The van der Waals surface area contributed by atoms with E-state index in [4.69, 9.17) is 16.3 Å². The molecular formula is C12H12ClN3O. The predicted octanol–water partition coefficient (Wildman–Crippen LogP) is 2.12. The number of ether oxygens (including phenoxy) is 1. The van der Waals surface area contributed by atoms with Gasteiger partial charge in [0.2, 0.25) is 0 Å². The summed E-state index contributed by atoms with van der Waals surface area (Å²) >= 11 is 5.88. The third-order valence-corrected chi connectivity index (χ3v) is 3.08. The van der Waals surface area contributed by atoms with E-state index < -0.39 is 0 Å². The van der Waals surface area contributed by atoms with Crippen LogP contribution in [0.4, 0.5) is 5.69 Å². The third kappa shape index (κ3) is 2.18. The molecule has 0 unspecified atom stereocenters. The van der Waals surface area contributed by atoms with Crippen LogP contribution in [0, 0.1) is 0 Å². The molecule has 0 atom stereocenters. The van der Waals surface area contributed by atoms with E-state index in [-0.39, 0.29) is 0 Å². The van der Waals surface area contributed by atoms with Crippen molar-refractivity contribution < 1.29 is 4.74 Å². The topological polar surface area (TPSA) is 38.2 Å². The maximum atomic E-state index is 5.88. The lowest BCUT2D eigenvalue weighted by Crippen LogP contribution is -2.36. The fraction of sp³-hybridized carbons (Fsp3) is 0.333. The molecule has 0 amide bonds. The Bertz CT molecular complexity index is 540. The van der Waals surface area contributed by atoms with E-state index >= 15 is 0 Å². The molecular weight excluding hydrogens is 238 g/mol. The lowest BCUT2D eigenvalue weighted by Gasteiger charge is -2.28. The summed E-state index contributed by atoms with van der Waals surface area (Å²) in [4.78, 5) is 10.9. The van der Waals surface area contributed by atoms with Crippen LogP contribution < -0.4 is 4.90 Å². The first-order chi connectivity index (χ1) is 8.33. The number of pyridine rings is 2. The van der Waals surface area contributed by atoms with Gasteiger partial charge in [0.25, 0.3) is 0 Å². The Labute approximate surface area is 104 Å². The minimum Gasteiger partial charge on any atom is -0.378 e. The summed E-state index contributed by atoms with van der Waals surface area (Å²) in [5.41, 5.74) is 2.78. The van der Waals surface area contributed by atoms with E-state index in [9.17, 15) is 0 Å². The molecule has 2 aromatic rings. The number of rotatable bonds is 1. The van der Waals surface area contributed by atoms with Gasteiger partial charge in [-0.15, -0.1) is 0 Å². The van der Waals surface area contributed by atoms with Crippen LogP contribution in [0.2, 0.25) is 5.15 Å². The minimum absolute atomic E-state index is 0.499. The largest absolute Gasteiger partial charge is 0.378 e. The van der Waals surface area contributed by atoms with Gasteiger partial charge in [0.15, 0.2) is 0 Å². The molecule has 1 saturated heterocycles. The molecule has 3 heterocycles. The fourth-order valence-electron chi connectivity index (χ4n) is 1.97. The molecule has 88 valence electrons. The first kappa shape index (κ1) is 10.7. The van der Waals surface area contributed by atoms with Crippen LogP contribution in [-0.4, -0.2) is 36.3 Å². The molecule has 1 fully saturated rings. The first-order valence-electron chi connectivity index (χ1n) is 5.58. The van der Waals surface area contributed by atoms with Gasteiger partial charge in [-0.25, -0.2) is 4.98 Å². The van der Waals surface area contributed by atoms with Crippen LogP contribution in [0.3, 0.4) is 0 Å². The number of aromatic nitrogens is 2. The van der Waals surface area contributed by atoms with Crippen molar-refractivity contribution in [2.45, 2.75) is 0 Å². The van der Waals surface area contributed by atoms with Crippen molar-refractivity contribution in [3.05, 3.63) is 29.5 Å². The van der Waals surface area contributed by atoms with Gasteiger partial charge in [-0.05, 0) is 18.2 Å². The molecule has 2 aromatic heterocycles. The Morgan fingerprint density at radius 1 is 1.18 bits per heavy atom. The Balaban J connectivity index is 1.99. The molecule has 1 aliphatic heterocycles. The second-order valence-corrected chi connectivity index (χ2v) is 4.35. The minimum atomic E-state index is 0.499. The Kier molecular flexibility index (Phi) is 2.82. The summed E-state index contributed by atoms with van der Waals surface area (Å²) in [6, 6.07) is 5.67. The monoisotopic (exact) mass is 249 g/mol. The molecule has 0 bridgehead atoms. The molecule has 3 rings (SSSR count). The van der Waals surface area contributed by atoms with Gasteiger partial charge in [-0.3, -0.25) is 4.98 Å². The second kappa shape index (κ2) is 4.47. The van der Waals surface area contributed by atoms with Gasteiger partial charge in [0, 0.05) is 13.1 Å². The van der Waals surface area contributed by atoms with Crippen LogP contribution in [-0.2, 0) is 4.74 Å². The molecule has 0 spiro atoms. The third-order valence-electron chi connectivity index (χ3n) is 2.87. The summed E-state index contributed by atoms with van der Waals surface area (Å²) in [6.07, 6.45) is 1.88. The average molecular weight is 250 g/mol. The van der Waals surface area contributed by atoms with E-state index in [2.05, 4.69) is 14.9 Å². The van der Waals surface area contributed by atoms with E-state index in [1.54, 1.807) is 6.07 Å². The molecule has 1 aliphatic rings. The van der Waals surface area contributed by atoms with E-state index in [0.29, 0.717) is 5.15 Å². The Morgan fingerprint density at radius 2 is 2.00 bits per heavy atom. The van der Waals surface area contributed by atoms with Gasteiger partial charge >= 0.3 is 0 Å². The van der Waals surface area contributed by atoms with Gasteiger partial charge in [-0.2, -0.15) is 0 Å². The summed E-state index contributed by atoms with van der Waals surface area (Å²) in [6.45, 7) is 3.32. The molecule has 17 heavy (non-hydrogen) atoms. The number of hydrogen-bond donors (Lipinski definition) is 0. The molecule has 0 aliphatic carbocycles. The zero-order valence-corrected chi connectivity index (χ0v) is 10.0. The van der Waals surface area contributed by atoms with E-state index in [1.165, 1.54) is 0 Å². The smallest absolute Gasteiger partial charge is 0.129 e. The molecule has 5 heteroatoms. The zero-order chi connectivity index (χ0) is 11.7. The van der Waals surface area contributed by atoms with Gasteiger partial charge < -0.3 is 9.64 Å². The highest BCUT2D eigenvalue weighted by Gasteiger charge is 2.12. The Morgan fingerprint density at radius 3 is 2.82 bits per heavy atom. The first-order valence-corrected chi connectivity index (χ1v) is 5.96. The van der Waals surface area contributed by atoms with Crippen molar-refractivity contribution in [3.63, 3.8) is 0 Å². The standard InChI is InChI=1S/C12H12ClN3O/c13-12-2-1-10-11(15-12)7-9(8-14-10)16-3-5-17-6-4-16/h1-2,7-8H,3-6H2. The van der Waals surface area contributed by atoms with Gasteiger partial charge in [0.1, 0.15) is 5.15 Å². The van der Waals surface area contributed by atoms with Gasteiger partial charge in [0.05, 0.1) is 36.1 Å². The quantitative estimate of drug-likeness (QED) is 0.726. The van der Waals surface area contributed by atoms with Crippen molar-refractivity contribution in [2.24, 2.45) is 0 Å². The summed E-state index contributed by atoms with van der Waals surface area (Å²) in [7, 11) is 0. The predicted molar refractivity (Wildman–Crippen MR) is 67.6 cm³/mol. The van der Waals surface area contributed by atoms with Crippen LogP contribution in [0.15, 0.2) is 24.4 Å². The van der Waals surface area contributed by atoms with Crippen LogP contribution >= 0.6 is 11.6 Å². The maximum absolute atomic E-state index is 5.88. The molecule has 0 saturated carbocycles. The SMILES string of the molecule is Clc1ccc2ncc(N3CCOCC3)cc2n1. The second-order valence-electron chi connectivity index (χ2n) is 3.97. The Hall–Kier alpha value is -1.39. The molecule has 0 N–H and O–H groups in total.